The lowest BCUT2D eigenvalue weighted by Crippen LogP contribution is -2.20. The number of aryl methyl sites for hydroxylation is 2. The molecule has 1 amide bonds. The standard InChI is InChI=1S/C21H21N3O3/c1-3-15-5-4-6-18(13-15)27-14-19(25)23-17-9-7-16(8-10-17)20(26)21-22-11-12-24(21)2/h4-13H,3,14H2,1-2H3,(H,23,25). The second-order valence-corrected chi connectivity index (χ2v) is 6.11. The van der Waals surface area contributed by atoms with Crippen LogP contribution in [0.25, 0.3) is 0 Å². The summed E-state index contributed by atoms with van der Waals surface area (Å²) in [4.78, 5) is 28.5. The van der Waals surface area contributed by atoms with Gasteiger partial charge in [0.15, 0.2) is 12.4 Å². The Morgan fingerprint density at radius 3 is 2.59 bits per heavy atom. The molecule has 0 atom stereocenters. The summed E-state index contributed by atoms with van der Waals surface area (Å²) in [6, 6.07) is 14.4. The Balaban J connectivity index is 1.57. The van der Waals surface area contributed by atoms with Gasteiger partial charge >= 0.3 is 0 Å². The van der Waals surface area contributed by atoms with Gasteiger partial charge in [0.05, 0.1) is 0 Å². The first-order valence-corrected chi connectivity index (χ1v) is 8.70. The van der Waals surface area contributed by atoms with Crippen LogP contribution in [-0.2, 0) is 18.3 Å². The number of nitrogens with zero attached hydrogens (tertiary/aromatic N) is 2. The molecule has 0 bridgehead atoms. The SMILES string of the molecule is CCc1cccc(OCC(=O)Nc2ccc(C(=O)c3nccn3C)cc2)c1. The molecule has 2 aromatic carbocycles. The van der Waals surface area contributed by atoms with Gasteiger partial charge in [-0.1, -0.05) is 19.1 Å². The summed E-state index contributed by atoms with van der Waals surface area (Å²) in [5.41, 5.74) is 2.26. The lowest BCUT2D eigenvalue weighted by molar-refractivity contribution is -0.118. The summed E-state index contributed by atoms with van der Waals surface area (Å²) in [6.45, 7) is 1.98. The van der Waals surface area contributed by atoms with Crippen LogP contribution in [0.4, 0.5) is 5.69 Å². The maximum absolute atomic E-state index is 12.4. The largest absolute Gasteiger partial charge is 0.484 e. The number of aromatic nitrogens is 2. The van der Waals surface area contributed by atoms with Crippen LogP contribution in [0.2, 0.25) is 0 Å². The lowest BCUT2D eigenvalue weighted by Gasteiger charge is -2.09. The van der Waals surface area contributed by atoms with Gasteiger partial charge < -0.3 is 14.6 Å². The molecule has 0 saturated heterocycles. The Hall–Kier alpha value is -3.41. The second kappa shape index (κ2) is 8.31. The van der Waals surface area contributed by atoms with E-state index in [2.05, 4.69) is 17.2 Å². The van der Waals surface area contributed by atoms with Crippen molar-refractivity contribution in [3.05, 3.63) is 77.9 Å². The Labute approximate surface area is 157 Å². The third-order valence-electron chi connectivity index (χ3n) is 4.13. The van der Waals surface area contributed by atoms with Crippen molar-refractivity contribution >= 4 is 17.4 Å². The van der Waals surface area contributed by atoms with Crippen molar-refractivity contribution in [1.82, 2.24) is 9.55 Å². The molecule has 6 nitrogen and oxygen atoms in total. The van der Waals surface area contributed by atoms with E-state index in [1.807, 2.05) is 24.3 Å². The number of hydrogen-bond acceptors (Lipinski definition) is 4. The average Bonchev–Trinajstić information content (AvgIpc) is 3.12. The maximum Gasteiger partial charge on any atom is 0.262 e. The highest BCUT2D eigenvalue weighted by atomic mass is 16.5. The molecule has 0 aliphatic carbocycles. The van der Waals surface area contributed by atoms with E-state index in [0.717, 1.165) is 12.0 Å². The third kappa shape index (κ3) is 4.61. The van der Waals surface area contributed by atoms with Crippen LogP contribution < -0.4 is 10.1 Å². The molecule has 0 spiro atoms. The van der Waals surface area contributed by atoms with E-state index < -0.39 is 0 Å². The van der Waals surface area contributed by atoms with Gasteiger partial charge in [-0.25, -0.2) is 4.98 Å². The number of rotatable bonds is 7. The summed E-state index contributed by atoms with van der Waals surface area (Å²) in [5, 5.41) is 2.76. The van der Waals surface area contributed by atoms with Crippen molar-refractivity contribution in [3.63, 3.8) is 0 Å². The predicted octanol–water partition coefficient (Wildman–Crippen LogP) is 3.23. The van der Waals surface area contributed by atoms with Crippen LogP contribution in [0.15, 0.2) is 60.9 Å². The van der Waals surface area contributed by atoms with E-state index in [-0.39, 0.29) is 18.3 Å². The summed E-state index contributed by atoms with van der Waals surface area (Å²) >= 11 is 0. The second-order valence-electron chi connectivity index (χ2n) is 6.11. The summed E-state index contributed by atoms with van der Waals surface area (Å²) in [5.74, 6) is 0.606. The molecule has 138 valence electrons. The minimum Gasteiger partial charge on any atom is -0.484 e. The van der Waals surface area contributed by atoms with Crippen LogP contribution in [0, 0.1) is 0 Å². The number of ether oxygens (including phenoxy) is 1. The minimum atomic E-state index is -0.264. The molecule has 0 radical (unpaired) electrons. The van der Waals surface area contributed by atoms with Gasteiger partial charge in [-0.3, -0.25) is 9.59 Å². The number of anilines is 1. The molecular weight excluding hydrogens is 342 g/mol. The fourth-order valence-electron chi connectivity index (χ4n) is 2.62. The number of amides is 1. The molecule has 0 aliphatic rings. The predicted molar refractivity (Wildman–Crippen MR) is 103 cm³/mol. The first-order valence-electron chi connectivity index (χ1n) is 8.70. The van der Waals surface area contributed by atoms with E-state index in [9.17, 15) is 9.59 Å². The number of carbonyl (C=O) groups is 2. The molecule has 0 fully saturated rings. The number of ketones is 1. The molecular formula is C21H21N3O3. The van der Waals surface area contributed by atoms with Gasteiger partial charge in [0.2, 0.25) is 5.78 Å². The monoisotopic (exact) mass is 363 g/mol. The average molecular weight is 363 g/mol. The fourth-order valence-corrected chi connectivity index (χ4v) is 2.62. The van der Waals surface area contributed by atoms with E-state index in [1.54, 1.807) is 48.3 Å². The van der Waals surface area contributed by atoms with Crippen LogP contribution in [-0.4, -0.2) is 27.8 Å². The van der Waals surface area contributed by atoms with Crippen LogP contribution in [0.1, 0.15) is 28.7 Å². The van der Waals surface area contributed by atoms with Crippen molar-refractivity contribution in [2.45, 2.75) is 13.3 Å². The molecule has 3 rings (SSSR count). The highest BCUT2D eigenvalue weighted by Crippen LogP contribution is 2.15. The Morgan fingerprint density at radius 2 is 1.93 bits per heavy atom. The fraction of sp³-hybridized carbons (Fsp3) is 0.190. The number of benzene rings is 2. The summed E-state index contributed by atoms with van der Waals surface area (Å²) in [6.07, 6.45) is 4.21. The Bertz CT molecular complexity index is 945. The van der Waals surface area contributed by atoms with Gasteiger partial charge in [-0.05, 0) is 48.4 Å². The quantitative estimate of drug-likeness (QED) is 0.654. The van der Waals surface area contributed by atoms with Gasteiger partial charge in [0.1, 0.15) is 5.75 Å². The zero-order valence-corrected chi connectivity index (χ0v) is 15.3. The molecule has 6 heteroatoms. The molecule has 27 heavy (non-hydrogen) atoms. The Kier molecular flexibility index (Phi) is 5.66. The van der Waals surface area contributed by atoms with Crippen LogP contribution in [0.5, 0.6) is 5.75 Å². The highest BCUT2D eigenvalue weighted by Gasteiger charge is 2.13. The van der Waals surface area contributed by atoms with E-state index in [4.69, 9.17) is 4.74 Å². The van der Waals surface area contributed by atoms with E-state index in [1.165, 1.54) is 0 Å². The first kappa shape index (κ1) is 18.4. The van der Waals surface area contributed by atoms with Crippen molar-refractivity contribution in [3.8, 4) is 5.75 Å². The van der Waals surface area contributed by atoms with Crippen LogP contribution >= 0.6 is 0 Å². The lowest BCUT2D eigenvalue weighted by atomic mass is 10.1. The van der Waals surface area contributed by atoms with Crippen LogP contribution in [0.3, 0.4) is 0 Å². The molecule has 0 aliphatic heterocycles. The van der Waals surface area contributed by atoms with Gasteiger partial charge in [-0.2, -0.15) is 0 Å². The smallest absolute Gasteiger partial charge is 0.262 e. The van der Waals surface area contributed by atoms with Crippen molar-refractivity contribution in [2.75, 3.05) is 11.9 Å². The normalized spacial score (nSPS) is 10.4. The van der Waals surface area contributed by atoms with E-state index in [0.29, 0.717) is 22.8 Å². The maximum atomic E-state index is 12.4. The summed E-state index contributed by atoms with van der Waals surface area (Å²) in [7, 11) is 1.77. The first-order chi connectivity index (χ1) is 13.1. The number of nitrogens with one attached hydrogen (secondary N) is 1. The molecule has 3 aromatic rings. The van der Waals surface area contributed by atoms with E-state index >= 15 is 0 Å². The molecule has 0 unspecified atom stereocenters. The molecule has 0 saturated carbocycles. The molecule has 1 aromatic heterocycles. The number of hydrogen-bond donors (Lipinski definition) is 1. The molecule has 1 heterocycles. The zero-order chi connectivity index (χ0) is 19.2. The van der Waals surface area contributed by atoms with Gasteiger partial charge in [0, 0.05) is 30.7 Å². The number of carbonyl (C=O) groups excluding carboxylic acids is 2. The van der Waals surface area contributed by atoms with Gasteiger partial charge in [0.25, 0.3) is 5.91 Å². The molecule has 1 N–H and O–H groups in total. The number of imidazole rings is 1. The van der Waals surface area contributed by atoms with Crippen molar-refractivity contribution in [1.29, 1.82) is 0 Å². The highest BCUT2D eigenvalue weighted by molar-refractivity contribution is 6.07. The summed E-state index contributed by atoms with van der Waals surface area (Å²) < 4.78 is 7.20. The van der Waals surface area contributed by atoms with Gasteiger partial charge in [-0.15, -0.1) is 0 Å². The van der Waals surface area contributed by atoms with Crippen molar-refractivity contribution in [2.24, 2.45) is 7.05 Å². The Morgan fingerprint density at radius 1 is 1.15 bits per heavy atom. The van der Waals surface area contributed by atoms with Crippen molar-refractivity contribution < 1.29 is 14.3 Å². The third-order valence-corrected chi connectivity index (χ3v) is 4.13. The minimum absolute atomic E-state index is 0.0822. The zero-order valence-electron chi connectivity index (χ0n) is 15.3. The topological polar surface area (TPSA) is 73.2 Å².